The molecular formula is C15H17ClN2O2S. The van der Waals surface area contributed by atoms with Gasteiger partial charge in [-0.15, -0.1) is 11.3 Å². The van der Waals surface area contributed by atoms with Gasteiger partial charge in [0.1, 0.15) is 6.61 Å². The summed E-state index contributed by atoms with van der Waals surface area (Å²) < 4.78 is 0.772. The Morgan fingerprint density at radius 1 is 1.33 bits per heavy atom. The van der Waals surface area contributed by atoms with E-state index < -0.39 is 12.5 Å². The molecule has 1 unspecified atom stereocenters. The number of halogens is 1. The van der Waals surface area contributed by atoms with Gasteiger partial charge >= 0.3 is 0 Å². The van der Waals surface area contributed by atoms with Crippen molar-refractivity contribution in [1.82, 2.24) is 0 Å². The third kappa shape index (κ3) is 4.46. The van der Waals surface area contributed by atoms with Crippen LogP contribution in [0.15, 0.2) is 36.4 Å². The fourth-order valence-corrected chi connectivity index (χ4v) is 3.17. The summed E-state index contributed by atoms with van der Waals surface area (Å²) in [5.74, 6) is -0.427. The van der Waals surface area contributed by atoms with Gasteiger partial charge in [-0.2, -0.15) is 0 Å². The van der Waals surface area contributed by atoms with Crippen LogP contribution in [-0.2, 0) is 4.79 Å². The van der Waals surface area contributed by atoms with E-state index >= 15 is 0 Å². The van der Waals surface area contributed by atoms with Crippen LogP contribution in [-0.4, -0.2) is 17.6 Å². The van der Waals surface area contributed by atoms with Crippen LogP contribution in [0.25, 0.3) is 0 Å². The monoisotopic (exact) mass is 324 g/mol. The fourth-order valence-electron chi connectivity index (χ4n) is 1.98. The molecule has 0 aliphatic rings. The van der Waals surface area contributed by atoms with Crippen molar-refractivity contribution in [1.29, 1.82) is 0 Å². The van der Waals surface area contributed by atoms with Crippen molar-refractivity contribution in [3.05, 3.63) is 45.6 Å². The molecule has 0 bridgehead atoms. The van der Waals surface area contributed by atoms with Gasteiger partial charge in [0, 0.05) is 16.3 Å². The Balaban J connectivity index is 2.10. The number of anilines is 2. The minimum absolute atomic E-state index is 0.172. The molecule has 0 aliphatic carbocycles. The van der Waals surface area contributed by atoms with E-state index in [0.29, 0.717) is 5.69 Å². The second-order valence-electron chi connectivity index (χ2n) is 4.53. The van der Waals surface area contributed by atoms with E-state index in [1.165, 1.54) is 4.88 Å². The van der Waals surface area contributed by atoms with Gasteiger partial charge in [-0.05, 0) is 36.8 Å². The summed E-state index contributed by atoms with van der Waals surface area (Å²) in [5.41, 5.74) is 1.56. The number of aliphatic hydroxyl groups excluding tert-OH is 1. The van der Waals surface area contributed by atoms with Crippen LogP contribution >= 0.6 is 22.9 Å². The summed E-state index contributed by atoms with van der Waals surface area (Å²) in [6, 6.07) is 11.5. The van der Waals surface area contributed by atoms with E-state index in [1.54, 1.807) is 17.4 Å². The molecule has 2 aromatic rings. The number of carbonyl (C=O) groups excluding carboxylic acids is 1. The van der Waals surface area contributed by atoms with E-state index in [0.717, 1.165) is 16.4 Å². The molecule has 1 aromatic heterocycles. The highest BCUT2D eigenvalue weighted by molar-refractivity contribution is 7.16. The van der Waals surface area contributed by atoms with Crippen molar-refractivity contribution in [3.8, 4) is 0 Å². The van der Waals surface area contributed by atoms with Gasteiger partial charge in [0.15, 0.2) is 0 Å². The van der Waals surface area contributed by atoms with Crippen LogP contribution in [0.3, 0.4) is 0 Å². The molecule has 0 fully saturated rings. The Hall–Kier alpha value is -1.56. The fraction of sp³-hybridized carbons (Fsp3) is 0.267. The van der Waals surface area contributed by atoms with Gasteiger partial charge in [-0.3, -0.25) is 4.79 Å². The van der Waals surface area contributed by atoms with E-state index in [9.17, 15) is 4.79 Å². The van der Waals surface area contributed by atoms with Gasteiger partial charge in [0.25, 0.3) is 0 Å². The first-order chi connectivity index (χ1) is 10.1. The molecule has 0 saturated heterocycles. The zero-order valence-electron chi connectivity index (χ0n) is 11.6. The third-order valence-corrected chi connectivity index (χ3v) is 4.32. The number of aliphatic hydroxyl groups is 1. The number of rotatable bonds is 6. The SMILES string of the molecule is CCC(Nc1cccc(NC(=O)CO)c1)c1ccc(Cl)s1. The van der Waals surface area contributed by atoms with Crippen LogP contribution in [0.4, 0.5) is 11.4 Å². The van der Waals surface area contributed by atoms with E-state index in [-0.39, 0.29) is 6.04 Å². The molecule has 1 atom stereocenters. The van der Waals surface area contributed by atoms with Crippen molar-refractivity contribution in [2.24, 2.45) is 0 Å². The van der Waals surface area contributed by atoms with Crippen molar-refractivity contribution >= 4 is 40.2 Å². The number of hydrogen-bond donors (Lipinski definition) is 3. The topological polar surface area (TPSA) is 61.4 Å². The highest BCUT2D eigenvalue weighted by Gasteiger charge is 2.12. The normalized spacial score (nSPS) is 12.0. The molecule has 0 aliphatic heterocycles. The van der Waals surface area contributed by atoms with Crippen molar-refractivity contribution in [2.75, 3.05) is 17.2 Å². The number of thiophene rings is 1. The number of benzene rings is 1. The Morgan fingerprint density at radius 2 is 2.10 bits per heavy atom. The average Bonchev–Trinajstić information content (AvgIpc) is 2.91. The largest absolute Gasteiger partial charge is 0.387 e. The smallest absolute Gasteiger partial charge is 0.250 e. The zero-order chi connectivity index (χ0) is 15.2. The van der Waals surface area contributed by atoms with Crippen molar-refractivity contribution < 1.29 is 9.90 Å². The second kappa shape index (κ2) is 7.45. The molecule has 1 amide bonds. The predicted molar refractivity (Wildman–Crippen MR) is 88.1 cm³/mol. The van der Waals surface area contributed by atoms with Crippen LogP contribution < -0.4 is 10.6 Å². The lowest BCUT2D eigenvalue weighted by molar-refractivity contribution is -0.118. The minimum atomic E-state index is -0.525. The molecule has 4 nitrogen and oxygen atoms in total. The highest BCUT2D eigenvalue weighted by Crippen LogP contribution is 2.31. The second-order valence-corrected chi connectivity index (χ2v) is 6.28. The molecule has 0 saturated carbocycles. The lowest BCUT2D eigenvalue weighted by Crippen LogP contribution is -2.15. The molecule has 0 radical (unpaired) electrons. The van der Waals surface area contributed by atoms with Gasteiger partial charge in [-0.25, -0.2) is 0 Å². The lowest BCUT2D eigenvalue weighted by atomic mass is 10.1. The zero-order valence-corrected chi connectivity index (χ0v) is 13.2. The van der Waals surface area contributed by atoms with Crippen molar-refractivity contribution in [3.63, 3.8) is 0 Å². The Bertz CT molecular complexity index is 615. The van der Waals surface area contributed by atoms with Gasteiger partial charge in [-0.1, -0.05) is 24.6 Å². The lowest BCUT2D eigenvalue weighted by Gasteiger charge is -2.17. The van der Waals surface area contributed by atoms with Crippen LogP contribution in [0, 0.1) is 0 Å². The molecule has 112 valence electrons. The van der Waals surface area contributed by atoms with Crippen molar-refractivity contribution in [2.45, 2.75) is 19.4 Å². The van der Waals surface area contributed by atoms with Crippen LogP contribution in [0.2, 0.25) is 4.34 Å². The quantitative estimate of drug-likeness (QED) is 0.755. The molecule has 2 rings (SSSR count). The van der Waals surface area contributed by atoms with Gasteiger partial charge in [0.05, 0.1) is 10.4 Å². The highest BCUT2D eigenvalue weighted by atomic mass is 35.5. The maximum Gasteiger partial charge on any atom is 0.250 e. The molecule has 1 heterocycles. The maximum absolute atomic E-state index is 11.2. The first-order valence-electron chi connectivity index (χ1n) is 6.65. The molecule has 0 spiro atoms. The summed E-state index contributed by atoms with van der Waals surface area (Å²) in [6.07, 6.45) is 0.921. The number of carbonyl (C=O) groups is 1. The molecule has 21 heavy (non-hydrogen) atoms. The Labute approximate surface area is 132 Å². The minimum Gasteiger partial charge on any atom is -0.387 e. The number of hydrogen-bond acceptors (Lipinski definition) is 4. The standard InChI is InChI=1S/C15H17ClN2O2S/c1-2-12(13-6-7-14(16)21-13)17-10-4-3-5-11(8-10)18-15(20)9-19/h3-8,12,17,19H,2,9H2,1H3,(H,18,20). The summed E-state index contributed by atoms with van der Waals surface area (Å²) in [6.45, 7) is 1.58. The number of amides is 1. The van der Waals surface area contributed by atoms with E-state index in [4.69, 9.17) is 16.7 Å². The summed E-state index contributed by atoms with van der Waals surface area (Å²) >= 11 is 7.54. The van der Waals surface area contributed by atoms with E-state index in [2.05, 4.69) is 17.6 Å². The average molecular weight is 325 g/mol. The Morgan fingerprint density at radius 3 is 2.71 bits per heavy atom. The predicted octanol–water partition coefficient (Wildman–Crippen LogP) is 3.90. The summed E-state index contributed by atoms with van der Waals surface area (Å²) in [4.78, 5) is 12.4. The molecule has 6 heteroatoms. The maximum atomic E-state index is 11.2. The molecule has 1 aromatic carbocycles. The number of nitrogens with one attached hydrogen (secondary N) is 2. The van der Waals surface area contributed by atoms with Crippen LogP contribution in [0.1, 0.15) is 24.3 Å². The third-order valence-electron chi connectivity index (χ3n) is 2.98. The first kappa shape index (κ1) is 15.8. The summed E-state index contributed by atoms with van der Waals surface area (Å²) in [7, 11) is 0. The summed E-state index contributed by atoms with van der Waals surface area (Å²) in [5, 5.41) is 14.8. The van der Waals surface area contributed by atoms with Gasteiger partial charge < -0.3 is 15.7 Å². The molecular weight excluding hydrogens is 308 g/mol. The van der Waals surface area contributed by atoms with E-state index in [1.807, 2.05) is 30.3 Å². The Kier molecular flexibility index (Phi) is 5.61. The van der Waals surface area contributed by atoms with Gasteiger partial charge in [0.2, 0.25) is 5.91 Å². The van der Waals surface area contributed by atoms with Crippen LogP contribution in [0.5, 0.6) is 0 Å². The molecule has 3 N–H and O–H groups in total. The first-order valence-corrected chi connectivity index (χ1v) is 7.84.